The second kappa shape index (κ2) is 11.0. The van der Waals surface area contributed by atoms with Gasteiger partial charge in [0.05, 0.1) is 28.4 Å². The summed E-state index contributed by atoms with van der Waals surface area (Å²) in [6.07, 6.45) is -1.88. The van der Waals surface area contributed by atoms with Crippen molar-refractivity contribution < 1.29 is 28.5 Å². The summed E-state index contributed by atoms with van der Waals surface area (Å²) in [5.74, 6) is -1.25. The smallest absolute Gasteiger partial charge is 0.351 e. The highest BCUT2D eigenvalue weighted by Crippen LogP contribution is 2.36. The molecule has 2 aliphatic rings. The van der Waals surface area contributed by atoms with Crippen molar-refractivity contribution >= 4 is 45.5 Å². The van der Waals surface area contributed by atoms with E-state index in [1.165, 1.54) is 0 Å². The van der Waals surface area contributed by atoms with E-state index in [-0.39, 0.29) is 12.7 Å². The molecule has 0 unspecified atom stereocenters. The fourth-order valence-corrected chi connectivity index (χ4v) is 4.72. The van der Waals surface area contributed by atoms with Gasteiger partial charge in [0, 0.05) is 0 Å². The van der Waals surface area contributed by atoms with E-state index in [2.05, 4.69) is 21.0 Å². The van der Waals surface area contributed by atoms with Gasteiger partial charge in [-0.1, -0.05) is 70.5 Å². The number of anilines is 2. The molecule has 5 rings (SSSR count). The predicted octanol–water partition coefficient (Wildman–Crippen LogP) is 4.47. The van der Waals surface area contributed by atoms with Gasteiger partial charge < -0.3 is 18.9 Å². The highest BCUT2D eigenvalue weighted by Gasteiger charge is 2.53. The molecular formula is C27H23BrN2O6. The molecule has 2 heterocycles. The third-order valence-corrected chi connectivity index (χ3v) is 6.89. The van der Waals surface area contributed by atoms with E-state index in [1.807, 2.05) is 60.7 Å². The van der Waals surface area contributed by atoms with E-state index in [4.69, 9.17) is 18.9 Å². The average molecular weight is 551 g/mol. The first kappa shape index (κ1) is 24.2. The second-order valence-corrected chi connectivity index (χ2v) is 9.24. The van der Waals surface area contributed by atoms with Gasteiger partial charge in [0.25, 0.3) is 0 Å². The van der Waals surface area contributed by atoms with E-state index in [0.717, 1.165) is 17.6 Å². The predicted molar refractivity (Wildman–Crippen MR) is 136 cm³/mol. The highest BCUT2D eigenvalue weighted by molar-refractivity contribution is 9.09. The summed E-state index contributed by atoms with van der Waals surface area (Å²) < 4.78 is 22.9. The molecule has 0 saturated carbocycles. The Morgan fingerprint density at radius 3 is 2.06 bits per heavy atom. The van der Waals surface area contributed by atoms with Crippen molar-refractivity contribution in [3.63, 3.8) is 0 Å². The van der Waals surface area contributed by atoms with Gasteiger partial charge in [-0.3, -0.25) is 0 Å². The van der Waals surface area contributed by atoms with Crippen molar-refractivity contribution in [3.8, 4) is 0 Å². The number of fused-ring (bicyclic) bond motifs is 2. The Bertz CT molecular complexity index is 1170. The van der Waals surface area contributed by atoms with Crippen LogP contribution in [-0.4, -0.2) is 54.2 Å². The molecule has 8 nitrogen and oxygen atoms in total. The number of para-hydroxylation sites is 2. The third-order valence-electron chi connectivity index (χ3n) is 5.78. The SMILES string of the molecule is O=C(/C=N/N(c1ccccc1)c1ccccc1)O[C@H]1[C@H](Br)[C@H]2CO[C@H](O2)[C@@H]1OC(=O)c1ccccc1. The van der Waals surface area contributed by atoms with Gasteiger partial charge in [0.1, 0.15) is 12.3 Å². The molecule has 0 aromatic heterocycles. The maximum Gasteiger partial charge on any atom is 0.351 e. The lowest BCUT2D eigenvalue weighted by Crippen LogP contribution is -2.55. The normalized spacial score (nSPS) is 24.9. The van der Waals surface area contributed by atoms with Gasteiger partial charge in [-0.05, 0) is 36.4 Å². The molecule has 2 aliphatic heterocycles. The van der Waals surface area contributed by atoms with Gasteiger partial charge in [-0.15, -0.1) is 0 Å². The van der Waals surface area contributed by atoms with Gasteiger partial charge in [0.15, 0.2) is 18.5 Å². The first-order valence-electron chi connectivity index (χ1n) is 11.4. The van der Waals surface area contributed by atoms with E-state index in [0.29, 0.717) is 5.56 Å². The number of alkyl halides is 1. The van der Waals surface area contributed by atoms with Crippen LogP contribution in [0.3, 0.4) is 0 Å². The highest BCUT2D eigenvalue weighted by atomic mass is 79.9. The van der Waals surface area contributed by atoms with Crippen LogP contribution < -0.4 is 5.01 Å². The Hall–Kier alpha value is -3.53. The molecular weight excluding hydrogens is 528 g/mol. The van der Waals surface area contributed by atoms with Crippen LogP contribution in [0.1, 0.15) is 10.4 Å². The minimum Gasteiger partial charge on any atom is -0.453 e. The molecule has 0 radical (unpaired) electrons. The molecule has 5 atom stereocenters. The topological polar surface area (TPSA) is 86.7 Å². The molecule has 3 aromatic carbocycles. The van der Waals surface area contributed by atoms with Gasteiger partial charge in [-0.25, -0.2) is 14.6 Å². The van der Waals surface area contributed by atoms with Crippen molar-refractivity contribution in [1.29, 1.82) is 0 Å². The van der Waals surface area contributed by atoms with Crippen LogP contribution >= 0.6 is 15.9 Å². The van der Waals surface area contributed by atoms with Crippen LogP contribution in [0, 0.1) is 0 Å². The number of halogens is 1. The Morgan fingerprint density at radius 1 is 0.861 bits per heavy atom. The van der Waals surface area contributed by atoms with Crippen LogP contribution in [0.15, 0.2) is 96.1 Å². The first-order valence-corrected chi connectivity index (χ1v) is 12.3. The number of hydrazone groups is 1. The molecule has 0 amide bonds. The molecule has 0 aliphatic carbocycles. The fourth-order valence-electron chi connectivity index (χ4n) is 4.04. The Morgan fingerprint density at radius 2 is 1.44 bits per heavy atom. The average Bonchev–Trinajstić information content (AvgIpc) is 3.38. The van der Waals surface area contributed by atoms with Crippen LogP contribution in [0.2, 0.25) is 0 Å². The van der Waals surface area contributed by atoms with Crippen LogP contribution in [0.25, 0.3) is 0 Å². The molecule has 3 aromatic rings. The second-order valence-electron chi connectivity index (χ2n) is 8.19. The van der Waals surface area contributed by atoms with E-state index in [1.54, 1.807) is 35.3 Å². The number of ether oxygens (including phenoxy) is 4. The lowest BCUT2D eigenvalue weighted by molar-refractivity contribution is -0.201. The molecule has 2 fully saturated rings. The van der Waals surface area contributed by atoms with Gasteiger partial charge >= 0.3 is 11.9 Å². The van der Waals surface area contributed by atoms with Gasteiger partial charge in [-0.2, -0.15) is 5.10 Å². The minimum atomic E-state index is -0.961. The Kier molecular flexibility index (Phi) is 7.41. The molecule has 2 saturated heterocycles. The van der Waals surface area contributed by atoms with E-state index in [9.17, 15) is 9.59 Å². The zero-order chi connectivity index (χ0) is 24.9. The number of rotatable bonds is 7. The summed E-state index contributed by atoms with van der Waals surface area (Å²) >= 11 is 3.55. The van der Waals surface area contributed by atoms with Crippen molar-refractivity contribution in [3.05, 3.63) is 96.6 Å². The molecule has 184 valence electrons. The number of hydrogen-bond acceptors (Lipinski definition) is 8. The van der Waals surface area contributed by atoms with Crippen LogP contribution in [-0.2, 0) is 23.7 Å². The number of benzene rings is 3. The molecule has 2 bridgehead atoms. The summed E-state index contributed by atoms with van der Waals surface area (Å²) in [5, 5.41) is 6.03. The number of nitrogens with zero attached hydrogens (tertiary/aromatic N) is 2. The van der Waals surface area contributed by atoms with Crippen molar-refractivity contribution in [1.82, 2.24) is 0 Å². The minimum absolute atomic E-state index is 0.290. The maximum atomic E-state index is 12.9. The zero-order valence-corrected chi connectivity index (χ0v) is 20.6. The first-order chi connectivity index (χ1) is 17.6. The summed E-state index contributed by atoms with van der Waals surface area (Å²) in [7, 11) is 0. The molecule has 36 heavy (non-hydrogen) atoms. The number of carbonyl (C=O) groups is 2. The summed E-state index contributed by atoms with van der Waals surface area (Å²) in [6, 6.07) is 27.5. The lowest BCUT2D eigenvalue weighted by Gasteiger charge is -2.37. The number of carbonyl (C=O) groups excluding carboxylic acids is 2. The molecule has 0 spiro atoms. The quantitative estimate of drug-likeness (QED) is 0.186. The standard InChI is InChI=1S/C27H23BrN2O6/c28-23-21-17-33-27(34-21)25(36-26(32)18-10-4-1-5-11-18)24(23)35-22(31)16-29-30(19-12-6-2-7-13-19)20-14-8-3-9-15-20/h1-16,21,23-25,27H,17H2/b29-16+/t21-,23-,24+,25-,27-/m1/s1. The van der Waals surface area contributed by atoms with Gasteiger partial charge in [0.2, 0.25) is 0 Å². The Labute approximate surface area is 216 Å². The monoisotopic (exact) mass is 550 g/mol. The van der Waals surface area contributed by atoms with Crippen molar-refractivity contribution in [2.24, 2.45) is 5.10 Å². The van der Waals surface area contributed by atoms with Crippen LogP contribution in [0.4, 0.5) is 11.4 Å². The number of hydrogen-bond donors (Lipinski definition) is 0. The number of esters is 2. The summed E-state index contributed by atoms with van der Waals surface area (Å²) in [4.78, 5) is 25.2. The van der Waals surface area contributed by atoms with Crippen LogP contribution in [0.5, 0.6) is 0 Å². The maximum absolute atomic E-state index is 12.9. The summed E-state index contributed by atoms with van der Waals surface area (Å²) in [6.45, 7) is 0.290. The fraction of sp³-hybridized carbons (Fsp3) is 0.222. The van der Waals surface area contributed by atoms with Crippen molar-refractivity contribution in [2.75, 3.05) is 11.6 Å². The molecule has 9 heteroatoms. The lowest BCUT2D eigenvalue weighted by atomic mass is 10.0. The van der Waals surface area contributed by atoms with E-state index < -0.39 is 35.3 Å². The largest absolute Gasteiger partial charge is 0.453 e. The zero-order valence-electron chi connectivity index (χ0n) is 19.1. The summed E-state index contributed by atoms with van der Waals surface area (Å²) in [5.41, 5.74) is 1.92. The van der Waals surface area contributed by atoms with E-state index >= 15 is 0 Å². The molecule has 0 N–H and O–H groups in total. The Balaban J connectivity index is 1.34. The van der Waals surface area contributed by atoms with Crippen molar-refractivity contribution in [2.45, 2.75) is 29.4 Å². The third kappa shape index (κ3) is 5.33.